The summed E-state index contributed by atoms with van der Waals surface area (Å²) < 4.78 is 32.8. The van der Waals surface area contributed by atoms with E-state index in [0.717, 1.165) is 7.11 Å². The van der Waals surface area contributed by atoms with E-state index in [-0.39, 0.29) is 0 Å². The first-order valence-corrected chi connectivity index (χ1v) is 2.82. The molecule has 0 radical (unpaired) electrons. The maximum Gasteiger partial charge on any atom is 0.309 e. The van der Waals surface area contributed by atoms with Gasteiger partial charge in [-0.25, -0.2) is 0 Å². The van der Waals surface area contributed by atoms with E-state index in [1.807, 2.05) is 0 Å². The van der Waals surface area contributed by atoms with Crippen molar-refractivity contribution in [3.8, 4) is 0 Å². The number of ether oxygens (including phenoxy) is 1. The molecule has 11 heavy (non-hydrogen) atoms. The van der Waals surface area contributed by atoms with Crippen molar-refractivity contribution in [2.24, 2.45) is 5.89 Å². The van der Waals surface area contributed by atoms with Crippen molar-refractivity contribution in [1.29, 1.82) is 0 Å². The van der Waals surface area contributed by atoms with Crippen LogP contribution in [0.15, 0.2) is 0 Å². The van der Waals surface area contributed by atoms with Crippen LogP contribution in [0.2, 0.25) is 0 Å². The number of esters is 1. The molecule has 0 amide bonds. The van der Waals surface area contributed by atoms with Crippen molar-refractivity contribution < 1.29 is 24.9 Å². The summed E-state index contributed by atoms with van der Waals surface area (Å²) in [5.41, 5.74) is 0. The van der Waals surface area contributed by atoms with Gasteiger partial charge in [0.2, 0.25) is 0 Å². The molecule has 0 rings (SSSR count). The number of rotatable bonds is 4. The summed E-state index contributed by atoms with van der Waals surface area (Å²) >= 11 is 0. The van der Waals surface area contributed by atoms with Gasteiger partial charge in [-0.05, 0) is 6.40 Å². The van der Waals surface area contributed by atoms with Crippen LogP contribution < -0.4 is 0 Å². The van der Waals surface area contributed by atoms with Gasteiger partial charge in [0.25, 0.3) is 0 Å². The summed E-state index contributed by atoms with van der Waals surface area (Å²) in [4.78, 5) is 21.6. The minimum atomic E-state index is -2.41. The maximum atomic E-state index is 11.2. The molecule has 0 bridgehead atoms. The van der Waals surface area contributed by atoms with Gasteiger partial charge in [-0.1, -0.05) is 6.88 Å². The summed E-state index contributed by atoms with van der Waals surface area (Å²) in [5, 5.41) is 8.49. The molecule has 0 saturated carbocycles. The second-order valence-electron chi connectivity index (χ2n) is 1.75. The zero-order valence-electron chi connectivity index (χ0n) is 10.0. The van der Waals surface area contributed by atoms with E-state index in [1.165, 1.54) is 0 Å². The Hall–Kier alpha value is -1.06. The topological polar surface area (TPSA) is 63.6 Å². The highest BCUT2D eigenvalue weighted by molar-refractivity contribution is 5.78. The van der Waals surface area contributed by atoms with E-state index in [4.69, 9.17) is 10.6 Å². The largest absolute Gasteiger partial charge is 0.481 e. The summed E-state index contributed by atoms with van der Waals surface area (Å²) in [6, 6.07) is 0. The summed E-state index contributed by atoms with van der Waals surface area (Å²) in [7, 11) is 0.961. The highest BCUT2D eigenvalue weighted by atomic mass is 16.5. The lowest BCUT2D eigenvalue weighted by molar-refractivity contribution is -0.150. The summed E-state index contributed by atoms with van der Waals surface area (Å²) in [5.74, 6) is -5.07. The molecule has 0 aliphatic carbocycles. The molecule has 0 aromatic rings. The van der Waals surface area contributed by atoms with Crippen LogP contribution >= 0.6 is 0 Å². The number of hydrogen-bond donors (Lipinski definition) is 1. The Morgan fingerprint density at radius 3 is 2.91 bits per heavy atom. The standard InChI is InChI=1S/C7H12O4/c1-3-5(4-6(8)9)7(10)11-2/h5H,3-4H2,1-2H3,(H,8,9)/t5-/m1/s1/i1+1D2,3+1D,4+1,5+1D,6+1/t3?,5-. The van der Waals surface area contributed by atoms with Gasteiger partial charge in [0.15, 0.2) is 0 Å². The zero-order valence-corrected chi connectivity index (χ0v) is 6.03. The minimum absolute atomic E-state index is 0.956. The Morgan fingerprint density at radius 2 is 2.55 bits per heavy atom. The monoisotopic (exact) mass is 169 g/mol. The number of hydrogen-bond acceptors (Lipinski definition) is 3. The van der Waals surface area contributed by atoms with Crippen LogP contribution in [-0.4, -0.2) is 24.2 Å². The van der Waals surface area contributed by atoms with Crippen LogP contribution in [0, 0.1) is 5.89 Å². The predicted molar refractivity (Wildman–Crippen MR) is 38.0 cm³/mol. The molecule has 1 unspecified atom stereocenters. The molecule has 0 heterocycles. The van der Waals surface area contributed by atoms with Gasteiger partial charge in [-0.3, -0.25) is 9.59 Å². The van der Waals surface area contributed by atoms with E-state index in [9.17, 15) is 9.59 Å². The lowest BCUT2D eigenvalue weighted by atomic mass is 10.8. The van der Waals surface area contributed by atoms with Crippen LogP contribution in [-0.2, 0) is 14.3 Å². The van der Waals surface area contributed by atoms with Crippen LogP contribution in [0.5, 0.6) is 0 Å². The third-order valence-electron chi connectivity index (χ3n) is 0.990. The highest BCUT2D eigenvalue weighted by Crippen LogP contribution is 2.09. The molecule has 0 aliphatic heterocycles. The quantitative estimate of drug-likeness (QED) is 0.496. The molecular weight excluding hydrogens is 153 g/mol. The lowest BCUT2D eigenvalue weighted by Crippen LogP contribution is -2.18. The van der Waals surface area contributed by atoms with E-state index in [2.05, 4.69) is 4.74 Å². The van der Waals surface area contributed by atoms with Crippen LogP contribution in [0.25, 0.3) is 0 Å². The van der Waals surface area contributed by atoms with Gasteiger partial charge in [-0.2, -0.15) is 0 Å². The van der Waals surface area contributed by atoms with Crippen molar-refractivity contribution in [2.45, 2.75) is 19.7 Å². The molecule has 0 fully saturated rings. The van der Waals surface area contributed by atoms with Crippen molar-refractivity contribution >= 4 is 11.9 Å². The van der Waals surface area contributed by atoms with Crippen LogP contribution in [0.3, 0.4) is 0 Å². The van der Waals surface area contributed by atoms with E-state index >= 15 is 0 Å². The third-order valence-corrected chi connectivity index (χ3v) is 0.990. The fraction of sp³-hybridized carbons (Fsp3) is 0.714. The molecule has 0 aromatic carbocycles. The molecule has 0 aromatic heterocycles. The van der Waals surface area contributed by atoms with E-state index in [0.29, 0.717) is 0 Å². The Bertz CT molecular complexity index is 257. The van der Waals surface area contributed by atoms with E-state index in [1.54, 1.807) is 0 Å². The maximum absolute atomic E-state index is 11.2. The number of carbonyl (C=O) groups is 2. The fourth-order valence-corrected chi connectivity index (χ4v) is 0.493. The number of aliphatic carboxylic acids is 1. The fourth-order valence-electron chi connectivity index (χ4n) is 0.493. The van der Waals surface area contributed by atoms with Crippen molar-refractivity contribution in [2.75, 3.05) is 7.11 Å². The Morgan fingerprint density at radius 1 is 1.91 bits per heavy atom. The number of carboxylic acids is 1. The number of methoxy groups -OCH3 is 1. The predicted octanol–water partition coefficient (Wildman–Crippen LogP) is 0.660. The van der Waals surface area contributed by atoms with Gasteiger partial charge in [0.1, 0.15) is 0 Å². The second kappa shape index (κ2) is 4.71. The second-order valence-corrected chi connectivity index (χ2v) is 1.75. The molecule has 4 nitrogen and oxygen atoms in total. The molecule has 0 spiro atoms. The first kappa shape index (κ1) is 4.74. The third kappa shape index (κ3) is 3.60. The molecule has 64 valence electrons. The SMILES string of the molecule is [2H][13CH]([2H])[13CH]([2H])[13C@]([2H])([13CH2][13C](=O)O)C(=O)OC. The molecular formula is C7H12O4. The Balaban J connectivity index is 5.00. The lowest BCUT2D eigenvalue weighted by Gasteiger charge is -2.08. The van der Waals surface area contributed by atoms with Gasteiger partial charge in [0, 0.05) is 5.48 Å². The van der Waals surface area contributed by atoms with Crippen LogP contribution in [0.4, 0.5) is 0 Å². The van der Waals surface area contributed by atoms with Gasteiger partial charge < -0.3 is 9.84 Å². The number of carbonyl (C=O) groups excluding carboxylic acids is 1. The van der Waals surface area contributed by atoms with Crippen molar-refractivity contribution in [3.63, 3.8) is 0 Å². The van der Waals surface area contributed by atoms with Gasteiger partial charge in [0.05, 0.1) is 19.4 Å². The Kier molecular flexibility index (Phi) is 2.03. The Labute approximate surface area is 70.8 Å². The average Bonchev–Trinajstić information content (AvgIpc) is 2.13. The van der Waals surface area contributed by atoms with Crippen LogP contribution in [0.1, 0.15) is 25.2 Å². The summed E-state index contributed by atoms with van der Waals surface area (Å²) in [6.45, 7) is -1.79. The normalized spacial score (nSPS) is 23.5. The summed E-state index contributed by atoms with van der Waals surface area (Å²) in [6.07, 6.45) is -2.75. The zero-order chi connectivity index (χ0) is 12.2. The molecule has 1 N–H and O–H groups in total. The number of carboxylic acid groups (broad SMARTS) is 1. The first-order valence-electron chi connectivity index (χ1n) is 5.06. The average molecular weight is 169 g/mol. The minimum Gasteiger partial charge on any atom is -0.481 e. The molecule has 0 aliphatic rings. The van der Waals surface area contributed by atoms with Crippen molar-refractivity contribution in [1.82, 2.24) is 0 Å². The first-order chi connectivity index (χ1) is 6.75. The molecule has 2 atom stereocenters. The van der Waals surface area contributed by atoms with E-state index < -0.39 is 37.5 Å². The van der Waals surface area contributed by atoms with Gasteiger partial charge >= 0.3 is 11.9 Å². The van der Waals surface area contributed by atoms with Crippen molar-refractivity contribution in [3.05, 3.63) is 0 Å². The molecule has 4 heteroatoms. The molecule has 0 saturated heterocycles. The van der Waals surface area contributed by atoms with Gasteiger partial charge in [-0.15, -0.1) is 0 Å². The smallest absolute Gasteiger partial charge is 0.309 e. The highest BCUT2D eigenvalue weighted by Gasteiger charge is 2.19.